The fourth-order valence-electron chi connectivity index (χ4n) is 0.968. The molecule has 4 heteroatoms. The zero-order chi connectivity index (χ0) is 8.43. The summed E-state index contributed by atoms with van der Waals surface area (Å²) in [4.78, 5) is 24.1. The molecule has 0 aromatic carbocycles. The first-order valence-corrected chi connectivity index (χ1v) is 3.56. The molecule has 60 valence electrons. The minimum atomic E-state index is -0.438. The third-order valence-corrected chi connectivity index (χ3v) is 1.65. The van der Waals surface area contributed by atoms with Crippen LogP contribution in [0.3, 0.4) is 0 Å². The summed E-state index contributed by atoms with van der Waals surface area (Å²) < 4.78 is 0. The number of amides is 3. The topological polar surface area (TPSA) is 60.1 Å². The predicted molar refractivity (Wildman–Crippen MR) is 38.9 cm³/mol. The molecule has 0 saturated carbocycles. The van der Waals surface area contributed by atoms with Crippen molar-refractivity contribution < 1.29 is 14.6 Å². The molecule has 0 spiro atoms. The van der Waals surface area contributed by atoms with E-state index in [1.165, 1.54) is 6.21 Å². The van der Waals surface area contributed by atoms with Crippen LogP contribution in [-0.2, 0) is 4.79 Å². The summed E-state index contributed by atoms with van der Waals surface area (Å²) in [5.74, 6) is -0.202. The number of hydrogen-bond donors (Lipinski definition) is 2. The summed E-state index contributed by atoms with van der Waals surface area (Å²) in [6.45, 7) is 3.86. The SMILES string of the molecule is CC(C)C1C=[NH+]C(=O)NC1=O. The first kappa shape index (κ1) is 7.91. The molecule has 1 aliphatic heterocycles. The lowest BCUT2D eigenvalue weighted by atomic mass is 9.96. The van der Waals surface area contributed by atoms with E-state index < -0.39 is 6.03 Å². The molecule has 11 heavy (non-hydrogen) atoms. The van der Waals surface area contributed by atoms with Crippen molar-refractivity contribution in [1.82, 2.24) is 5.32 Å². The second-order valence-electron chi connectivity index (χ2n) is 2.90. The number of urea groups is 1. The van der Waals surface area contributed by atoms with Crippen LogP contribution in [0, 0.1) is 11.8 Å². The Labute approximate surface area is 64.7 Å². The van der Waals surface area contributed by atoms with E-state index in [0.29, 0.717) is 0 Å². The summed E-state index contributed by atoms with van der Waals surface area (Å²) >= 11 is 0. The van der Waals surface area contributed by atoms with Crippen molar-refractivity contribution >= 4 is 18.2 Å². The minimum Gasteiger partial charge on any atom is -0.246 e. The third-order valence-electron chi connectivity index (χ3n) is 1.65. The van der Waals surface area contributed by atoms with Crippen molar-refractivity contribution in [2.24, 2.45) is 11.8 Å². The van der Waals surface area contributed by atoms with Crippen LogP contribution in [0.25, 0.3) is 0 Å². The molecule has 4 nitrogen and oxygen atoms in total. The van der Waals surface area contributed by atoms with Crippen molar-refractivity contribution in [2.75, 3.05) is 0 Å². The second kappa shape index (κ2) is 2.82. The smallest absolute Gasteiger partial charge is 0.246 e. The molecule has 0 fully saturated rings. The maximum Gasteiger partial charge on any atom is 0.495 e. The molecule has 1 rings (SSSR count). The molecule has 1 aliphatic rings. The Morgan fingerprint density at radius 2 is 2.18 bits per heavy atom. The van der Waals surface area contributed by atoms with Gasteiger partial charge in [0.1, 0.15) is 5.92 Å². The molecule has 0 bridgehead atoms. The number of carbonyl (C=O) groups excluding carboxylic acids is 2. The Morgan fingerprint density at radius 3 is 2.64 bits per heavy atom. The van der Waals surface area contributed by atoms with Gasteiger partial charge in [-0.05, 0) is 5.92 Å². The van der Waals surface area contributed by atoms with Crippen molar-refractivity contribution in [1.29, 1.82) is 0 Å². The number of hydrogen-bond acceptors (Lipinski definition) is 2. The van der Waals surface area contributed by atoms with Gasteiger partial charge >= 0.3 is 11.9 Å². The average Bonchev–Trinajstić information content (AvgIpc) is 1.85. The highest BCUT2D eigenvalue weighted by atomic mass is 16.2. The third kappa shape index (κ3) is 1.63. The molecule has 1 heterocycles. The zero-order valence-electron chi connectivity index (χ0n) is 6.55. The van der Waals surface area contributed by atoms with E-state index in [4.69, 9.17) is 0 Å². The van der Waals surface area contributed by atoms with Crippen molar-refractivity contribution in [3.8, 4) is 0 Å². The van der Waals surface area contributed by atoms with Crippen LogP contribution >= 0.6 is 0 Å². The van der Waals surface area contributed by atoms with Crippen LogP contribution in [0.4, 0.5) is 4.79 Å². The van der Waals surface area contributed by atoms with Gasteiger partial charge in [-0.15, -0.1) is 0 Å². The highest BCUT2D eigenvalue weighted by Gasteiger charge is 2.31. The second-order valence-corrected chi connectivity index (χ2v) is 2.90. The van der Waals surface area contributed by atoms with E-state index in [2.05, 4.69) is 10.3 Å². The average molecular weight is 155 g/mol. The summed E-state index contributed by atoms with van der Waals surface area (Å²) in [6.07, 6.45) is 1.53. The van der Waals surface area contributed by atoms with Gasteiger partial charge in [0.2, 0.25) is 0 Å². The van der Waals surface area contributed by atoms with Gasteiger partial charge in [-0.2, -0.15) is 10.1 Å². The molecule has 0 saturated heterocycles. The number of imide groups is 1. The Morgan fingerprint density at radius 1 is 1.55 bits per heavy atom. The van der Waals surface area contributed by atoms with Gasteiger partial charge in [-0.25, -0.2) is 9.79 Å². The largest absolute Gasteiger partial charge is 0.495 e. The maximum atomic E-state index is 11.0. The molecule has 0 aliphatic carbocycles. The standard InChI is InChI=1S/C7H10N2O2/c1-4(2)5-3-8-7(11)9-6(5)10/h3-5H,1-2H3,(H,9,10,11)/p+1. The van der Waals surface area contributed by atoms with E-state index in [-0.39, 0.29) is 17.7 Å². The lowest BCUT2D eigenvalue weighted by Gasteiger charge is -2.12. The van der Waals surface area contributed by atoms with E-state index in [0.717, 1.165) is 0 Å². The first-order valence-electron chi connectivity index (χ1n) is 3.56. The summed E-state index contributed by atoms with van der Waals surface area (Å²) in [6, 6.07) is -0.438. The number of carbonyl (C=O) groups is 2. The molecule has 0 aromatic rings. The normalized spacial score (nSPS) is 24.1. The first-order chi connectivity index (χ1) is 5.11. The lowest BCUT2D eigenvalue weighted by molar-refractivity contribution is -0.343. The molecular weight excluding hydrogens is 144 g/mol. The van der Waals surface area contributed by atoms with Gasteiger partial charge in [-0.1, -0.05) is 13.8 Å². The van der Waals surface area contributed by atoms with Crippen molar-refractivity contribution in [3.05, 3.63) is 0 Å². The summed E-state index contributed by atoms with van der Waals surface area (Å²) in [5, 5.41) is 2.19. The Kier molecular flexibility index (Phi) is 2.03. The van der Waals surface area contributed by atoms with Crippen molar-refractivity contribution in [2.45, 2.75) is 13.8 Å². The molecule has 1 atom stereocenters. The van der Waals surface area contributed by atoms with E-state index in [1.807, 2.05) is 13.8 Å². The van der Waals surface area contributed by atoms with E-state index in [9.17, 15) is 9.59 Å². The Bertz CT molecular complexity index is 220. The number of nitrogens with one attached hydrogen (secondary N) is 2. The highest BCUT2D eigenvalue weighted by Crippen LogP contribution is 2.07. The van der Waals surface area contributed by atoms with Crippen LogP contribution in [0.1, 0.15) is 13.8 Å². The van der Waals surface area contributed by atoms with Gasteiger partial charge in [0, 0.05) is 0 Å². The van der Waals surface area contributed by atoms with Crippen molar-refractivity contribution in [3.63, 3.8) is 0 Å². The molecule has 0 aromatic heterocycles. The van der Waals surface area contributed by atoms with Crippen LogP contribution < -0.4 is 10.3 Å². The van der Waals surface area contributed by atoms with Crippen LogP contribution in [0.5, 0.6) is 0 Å². The van der Waals surface area contributed by atoms with Crippen LogP contribution in [-0.4, -0.2) is 18.2 Å². The monoisotopic (exact) mass is 155 g/mol. The Balaban J connectivity index is 2.76. The van der Waals surface area contributed by atoms with E-state index >= 15 is 0 Å². The van der Waals surface area contributed by atoms with Gasteiger partial charge < -0.3 is 0 Å². The summed E-state index contributed by atoms with van der Waals surface area (Å²) in [5.41, 5.74) is 0. The highest BCUT2D eigenvalue weighted by molar-refractivity contribution is 6.02. The van der Waals surface area contributed by atoms with Gasteiger partial charge in [-0.3, -0.25) is 0 Å². The quantitative estimate of drug-likeness (QED) is 0.492. The van der Waals surface area contributed by atoms with E-state index in [1.54, 1.807) is 0 Å². The summed E-state index contributed by atoms with van der Waals surface area (Å²) in [7, 11) is 0. The van der Waals surface area contributed by atoms with Crippen LogP contribution in [0.2, 0.25) is 0 Å². The molecule has 0 radical (unpaired) electrons. The fraction of sp³-hybridized carbons (Fsp3) is 0.571. The lowest BCUT2D eigenvalue weighted by Crippen LogP contribution is -2.82. The Hall–Kier alpha value is -1.19. The molecular formula is C7H11N2O2+. The fourth-order valence-corrected chi connectivity index (χ4v) is 0.968. The predicted octanol–water partition coefficient (Wildman–Crippen LogP) is -1.34. The van der Waals surface area contributed by atoms with Gasteiger partial charge in [0.25, 0.3) is 0 Å². The zero-order valence-corrected chi connectivity index (χ0v) is 6.55. The van der Waals surface area contributed by atoms with Gasteiger partial charge in [0.15, 0.2) is 0 Å². The maximum absolute atomic E-state index is 11.0. The van der Waals surface area contributed by atoms with Gasteiger partial charge in [0.05, 0.1) is 6.21 Å². The van der Waals surface area contributed by atoms with Crippen LogP contribution in [0.15, 0.2) is 0 Å². The molecule has 1 unspecified atom stereocenters. The number of rotatable bonds is 1. The minimum absolute atomic E-state index is 0.201. The molecule has 2 N–H and O–H groups in total. The molecule has 3 amide bonds.